The topological polar surface area (TPSA) is 12.0 Å². The summed E-state index contributed by atoms with van der Waals surface area (Å²) in [5.41, 5.74) is 3.26. The lowest BCUT2D eigenvalue weighted by molar-refractivity contribution is 0.288. The van der Waals surface area contributed by atoms with Gasteiger partial charge in [0.1, 0.15) is 0 Å². The normalized spacial score (nSPS) is 13.7. The summed E-state index contributed by atoms with van der Waals surface area (Å²) < 4.78 is 0. The molecule has 1 heteroatoms. The molecule has 0 amide bonds. The van der Waals surface area contributed by atoms with E-state index in [-0.39, 0.29) is 0 Å². The predicted octanol–water partition coefficient (Wildman–Crippen LogP) is 3.95. The van der Waals surface area contributed by atoms with Crippen LogP contribution in [0.25, 0.3) is 0 Å². The second kappa shape index (κ2) is 6.20. The van der Waals surface area contributed by atoms with Crippen LogP contribution in [-0.2, 0) is 6.42 Å². The molecule has 0 aliphatic rings. The Morgan fingerprint density at radius 3 is 2.47 bits per heavy atom. The van der Waals surface area contributed by atoms with E-state index in [2.05, 4.69) is 64.2 Å². The SMILES string of the molecule is CCNC(C)CC(C)(C)Cc1ccccc1C. The average Bonchev–Trinajstić information content (AvgIpc) is 2.20. The molecule has 1 unspecified atom stereocenters. The van der Waals surface area contributed by atoms with Crippen LogP contribution in [0.2, 0.25) is 0 Å². The first-order valence-electron chi connectivity index (χ1n) is 6.72. The van der Waals surface area contributed by atoms with E-state index in [9.17, 15) is 0 Å². The molecule has 0 radical (unpaired) electrons. The fourth-order valence-electron chi connectivity index (χ4n) is 2.65. The van der Waals surface area contributed by atoms with Gasteiger partial charge in [0.25, 0.3) is 0 Å². The molecule has 0 aliphatic heterocycles. The van der Waals surface area contributed by atoms with Crippen molar-refractivity contribution >= 4 is 0 Å². The van der Waals surface area contributed by atoms with Gasteiger partial charge >= 0.3 is 0 Å². The number of nitrogens with one attached hydrogen (secondary N) is 1. The van der Waals surface area contributed by atoms with Gasteiger partial charge in [0.05, 0.1) is 0 Å². The van der Waals surface area contributed by atoms with Crippen molar-refractivity contribution < 1.29 is 0 Å². The van der Waals surface area contributed by atoms with Crippen LogP contribution in [0.4, 0.5) is 0 Å². The van der Waals surface area contributed by atoms with Crippen molar-refractivity contribution in [3.8, 4) is 0 Å². The number of hydrogen-bond donors (Lipinski definition) is 1. The van der Waals surface area contributed by atoms with Gasteiger partial charge in [-0.05, 0) is 49.8 Å². The highest BCUT2D eigenvalue weighted by Crippen LogP contribution is 2.28. The van der Waals surface area contributed by atoms with Crippen LogP contribution in [0.5, 0.6) is 0 Å². The summed E-state index contributed by atoms with van der Waals surface area (Å²) in [6.45, 7) is 12.5. The molecule has 17 heavy (non-hydrogen) atoms. The highest BCUT2D eigenvalue weighted by molar-refractivity contribution is 5.26. The molecule has 1 rings (SSSR count). The van der Waals surface area contributed by atoms with E-state index in [1.807, 2.05) is 0 Å². The number of aryl methyl sites for hydroxylation is 1. The van der Waals surface area contributed by atoms with E-state index < -0.39 is 0 Å². The predicted molar refractivity (Wildman–Crippen MR) is 76.4 cm³/mol. The minimum absolute atomic E-state index is 0.355. The standard InChI is InChI=1S/C16H27N/c1-6-17-14(3)11-16(4,5)12-15-10-8-7-9-13(15)2/h7-10,14,17H,6,11-12H2,1-5H3. The van der Waals surface area contributed by atoms with Gasteiger partial charge in [-0.2, -0.15) is 0 Å². The summed E-state index contributed by atoms with van der Waals surface area (Å²) in [7, 11) is 0. The van der Waals surface area contributed by atoms with Crippen molar-refractivity contribution in [3.05, 3.63) is 35.4 Å². The second-order valence-corrected chi connectivity index (χ2v) is 5.93. The van der Waals surface area contributed by atoms with Gasteiger partial charge in [-0.3, -0.25) is 0 Å². The smallest absolute Gasteiger partial charge is 0.00438 e. The second-order valence-electron chi connectivity index (χ2n) is 5.93. The molecule has 0 aromatic heterocycles. The molecule has 1 atom stereocenters. The highest BCUT2D eigenvalue weighted by Gasteiger charge is 2.21. The Labute approximate surface area is 107 Å². The van der Waals surface area contributed by atoms with E-state index in [1.54, 1.807) is 0 Å². The summed E-state index contributed by atoms with van der Waals surface area (Å²) in [4.78, 5) is 0. The molecule has 0 aliphatic carbocycles. The van der Waals surface area contributed by atoms with E-state index in [1.165, 1.54) is 17.5 Å². The number of hydrogen-bond acceptors (Lipinski definition) is 1. The molecule has 0 saturated heterocycles. The maximum atomic E-state index is 3.50. The molecular weight excluding hydrogens is 206 g/mol. The minimum Gasteiger partial charge on any atom is -0.315 e. The first-order chi connectivity index (χ1) is 7.94. The van der Waals surface area contributed by atoms with Crippen LogP contribution in [0.3, 0.4) is 0 Å². The fourth-order valence-corrected chi connectivity index (χ4v) is 2.65. The zero-order valence-electron chi connectivity index (χ0n) is 12.0. The quantitative estimate of drug-likeness (QED) is 0.784. The molecule has 1 nitrogen and oxygen atoms in total. The van der Waals surface area contributed by atoms with Crippen LogP contribution in [-0.4, -0.2) is 12.6 Å². The summed E-state index contributed by atoms with van der Waals surface area (Å²) in [6.07, 6.45) is 2.38. The molecule has 1 N–H and O–H groups in total. The molecule has 96 valence electrons. The lowest BCUT2D eigenvalue weighted by Gasteiger charge is -2.29. The number of benzene rings is 1. The van der Waals surface area contributed by atoms with Crippen molar-refractivity contribution in [3.63, 3.8) is 0 Å². The Bertz CT molecular complexity index is 341. The molecule has 0 heterocycles. The van der Waals surface area contributed by atoms with Gasteiger partial charge in [-0.15, -0.1) is 0 Å². The first kappa shape index (κ1) is 14.2. The Hall–Kier alpha value is -0.820. The van der Waals surface area contributed by atoms with Crippen molar-refractivity contribution in [2.75, 3.05) is 6.54 Å². The average molecular weight is 233 g/mol. The summed E-state index contributed by atoms with van der Waals surface area (Å²) in [5.74, 6) is 0. The Kier molecular flexibility index (Phi) is 5.20. The van der Waals surface area contributed by atoms with Gasteiger partial charge in [0.15, 0.2) is 0 Å². The van der Waals surface area contributed by atoms with Crippen molar-refractivity contribution in [1.82, 2.24) is 5.32 Å². The molecule has 0 spiro atoms. The summed E-state index contributed by atoms with van der Waals surface area (Å²) in [6, 6.07) is 9.33. The third kappa shape index (κ3) is 4.91. The van der Waals surface area contributed by atoms with E-state index in [0.717, 1.165) is 13.0 Å². The first-order valence-corrected chi connectivity index (χ1v) is 6.72. The van der Waals surface area contributed by atoms with Crippen LogP contribution in [0.15, 0.2) is 24.3 Å². The number of rotatable bonds is 6. The molecule has 1 aromatic rings. The third-order valence-corrected chi connectivity index (χ3v) is 3.34. The van der Waals surface area contributed by atoms with E-state index >= 15 is 0 Å². The lowest BCUT2D eigenvalue weighted by atomic mass is 9.79. The molecule has 0 bridgehead atoms. The van der Waals surface area contributed by atoms with Gasteiger partial charge in [0, 0.05) is 6.04 Å². The molecule has 1 aromatic carbocycles. The van der Waals surface area contributed by atoms with Gasteiger partial charge in [-0.25, -0.2) is 0 Å². The molecular formula is C16H27N. The summed E-state index contributed by atoms with van der Waals surface area (Å²) >= 11 is 0. The minimum atomic E-state index is 0.355. The Morgan fingerprint density at radius 1 is 1.24 bits per heavy atom. The van der Waals surface area contributed by atoms with E-state index in [0.29, 0.717) is 11.5 Å². The summed E-state index contributed by atoms with van der Waals surface area (Å²) in [5, 5.41) is 3.50. The monoisotopic (exact) mass is 233 g/mol. The van der Waals surface area contributed by atoms with Gasteiger partial charge in [-0.1, -0.05) is 45.0 Å². The highest BCUT2D eigenvalue weighted by atomic mass is 14.9. The van der Waals surface area contributed by atoms with E-state index in [4.69, 9.17) is 0 Å². The zero-order valence-corrected chi connectivity index (χ0v) is 12.0. The molecule has 0 fully saturated rings. The molecule has 0 saturated carbocycles. The van der Waals surface area contributed by atoms with Crippen molar-refractivity contribution in [1.29, 1.82) is 0 Å². The van der Waals surface area contributed by atoms with Crippen molar-refractivity contribution in [2.24, 2.45) is 5.41 Å². The van der Waals surface area contributed by atoms with Crippen LogP contribution in [0.1, 0.15) is 45.2 Å². The largest absolute Gasteiger partial charge is 0.315 e. The Morgan fingerprint density at radius 2 is 1.88 bits per heavy atom. The third-order valence-electron chi connectivity index (χ3n) is 3.34. The lowest BCUT2D eigenvalue weighted by Crippen LogP contribution is -2.32. The van der Waals surface area contributed by atoms with Crippen LogP contribution in [0, 0.1) is 12.3 Å². The van der Waals surface area contributed by atoms with Gasteiger partial charge < -0.3 is 5.32 Å². The maximum Gasteiger partial charge on any atom is 0.00438 e. The fraction of sp³-hybridized carbons (Fsp3) is 0.625. The van der Waals surface area contributed by atoms with Crippen LogP contribution >= 0.6 is 0 Å². The zero-order chi connectivity index (χ0) is 12.9. The van der Waals surface area contributed by atoms with Crippen LogP contribution < -0.4 is 5.32 Å². The Balaban J connectivity index is 2.63. The van der Waals surface area contributed by atoms with Crippen molar-refractivity contribution in [2.45, 2.75) is 53.5 Å². The van der Waals surface area contributed by atoms with Gasteiger partial charge in [0.2, 0.25) is 0 Å². The maximum absolute atomic E-state index is 3.50.